The Morgan fingerprint density at radius 2 is 2.00 bits per heavy atom. The predicted molar refractivity (Wildman–Crippen MR) is 106 cm³/mol. The van der Waals surface area contributed by atoms with Crippen molar-refractivity contribution in [3.63, 3.8) is 0 Å². The molecule has 136 valence electrons. The number of aromatic nitrogens is 1. The van der Waals surface area contributed by atoms with Crippen molar-refractivity contribution in [3.05, 3.63) is 58.2 Å². The third-order valence-electron chi connectivity index (χ3n) is 4.40. The maximum absolute atomic E-state index is 14.0. The molecule has 3 N–H and O–H groups in total. The number of amides is 1. The van der Waals surface area contributed by atoms with Crippen LogP contribution < -0.4 is 16.3 Å². The van der Waals surface area contributed by atoms with Crippen LogP contribution >= 0.6 is 19.0 Å². The maximum Gasteiger partial charge on any atom is 0.266 e. The van der Waals surface area contributed by atoms with Crippen LogP contribution in [0.1, 0.15) is 28.5 Å². The maximum atomic E-state index is 14.0. The summed E-state index contributed by atoms with van der Waals surface area (Å²) in [4.78, 5) is 15.0. The molecule has 5 nitrogen and oxygen atoms in total. The number of halogens is 1. The van der Waals surface area contributed by atoms with Gasteiger partial charge in [0.05, 0.1) is 5.30 Å². The number of H-pyrrole nitrogens is 1. The van der Waals surface area contributed by atoms with Crippen molar-refractivity contribution in [2.75, 3.05) is 7.11 Å². The number of carbonyl (C=O) groups excluding carboxylic acids is 1. The quantitative estimate of drug-likeness (QED) is 0.652. The first-order valence-corrected chi connectivity index (χ1v) is 10.2. The first-order chi connectivity index (χ1) is 12.3. The minimum atomic E-state index is -3.57. The van der Waals surface area contributed by atoms with Crippen LogP contribution in [0.5, 0.6) is 0 Å². The highest BCUT2D eigenvalue weighted by atomic mass is 35.5. The molecule has 26 heavy (non-hydrogen) atoms. The van der Waals surface area contributed by atoms with Crippen molar-refractivity contribution in [1.82, 2.24) is 4.98 Å². The minimum absolute atomic E-state index is 0.0759. The van der Waals surface area contributed by atoms with Crippen LogP contribution in [0.3, 0.4) is 0 Å². The zero-order valence-electron chi connectivity index (χ0n) is 14.8. The summed E-state index contributed by atoms with van der Waals surface area (Å²) >= 11 is 6.13. The fourth-order valence-corrected chi connectivity index (χ4v) is 5.67. The van der Waals surface area contributed by atoms with E-state index in [1.165, 1.54) is 7.11 Å². The number of nitrogens with one attached hydrogen (secondary N) is 1. The summed E-state index contributed by atoms with van der Waals surface area (Å²) in [5.41, 5.74) is 8.26. The number of aryl methyl sites for hydroxylation is 2. The largest absolute Gasteiger partial charge is 0.364 e. The predicted octanol–water partition coefficient (Wildman–Crippen LogP) is 3.67. The normalized spacial score (nSPS) is 13.7. The van der Waals surface area contributed by atoms with Crippen molar-refractivity contribution < 1.29 is 13.9 Å². The molecule has 1 amide bonds. The van der Waals surface area contributed by atoms with Gasteiger partial charge in [-0.25, -0.2) is 0 Å². The summed E-state index contributed by atoms with van der Waals surface area (Å²) in [6, 6.07) is 10.8. The molecule has 3 rings (SSSR count). The number of aromatic amines is 1. The van der Waals surface area contributed by atoms with Crippen molar-refractivity contribution in [2.24, 2.45) is 5.73 Å². The summed E-state index contributed by atoms with van der Waals surface area (Å²) in [5, 5.41) is 1.82. The fourth-order valence-electron chi connectivity index (χ4n) is 3.17. The zero-order chi connectivity index (χ0) is 19.1. The smallest absolute Gasteiger partial charge is 0.266 e. The molecule has 1 atom stereocenters. The fraction of sp³-hybridized carbons (Fsp3) is 0.211. The van der Waals surface area contributed by atoms with Gasteiger partial charge in [-0.1, -0.05) is 30.2 Å². The van der Waals surface area contributed by atoms with Gasteiger partial charge >= 0.3 is 0 Å². The summed E-state index contributed by atoms with van der Waals surface area (Å²) in [7, 11) is -2.19. The van der Waals surface area contributed by atoms with Crippen molar-refractivity contribution in [3.8, 4) is 0 Å². The number of hydrogen-bond donors (Lipinski definition) is 2. The summed E-state index contributed by atoms with van der Waals surface area (Å²) in [6.07, 6.45) is 0.792. The molecule has 0 saturated heterocycles. The Morgan fingerprint density at radius 1 is 1.27 bits per heavy atom. The lowest BCUT2D eigenvalue weighted by atomic mass is 10.1. The Labute approximate surface area is 156 Å². The molecule has 0 aliphatic carbocycles. The lowest BCUT2D eigenvalue weighted by Gasteiger charge is -2.19. The van der Waals surface area contributed by atoms with E-state index in [1.807, 2.05) is 32.0 Å². The number of nitrogens with two attached hydrogens (primary N) is 1. The number of rotatable bonds is 5. The number of benzene rings is 2. The average molecular weight is 391 g/mol. The molecule has 0 fully saturated rings. The van der Waals surface area contributed by atoms with Gasteiger partial charge in [-0.05, 0) is 49.2 Å². The number of carbonyl (C=O) groups is 1. The number of primary amides is 1. The van der Waals surface area contributed by atoms with Gasteiger partial charge in [0, 0.05) is 28.3 Å². The second-order valence-electron chi connectivity index (χ2n) is 6.17. The Balaban J connectivity index is 2.40. The molecule has 1 unspecified atom stereocenters. The van der Waals surface area contributed by atoms with E-state index in [1.54, 1.807) is 18.2 Å². The SMILES string of the molecule is CCc1cc(C)cc(P(=O)(OC)c2c(C(N)=O)[nH]c3ccc(Cl)cc23)c1. The molecule has 0 bridgehead atoms. The van der Waals surface area contributed by atoms with E-state index in [9.17, 15) is 9.36 Å². The Kier molecular flexibility index (Phi) is 4.98. The van der Waals surface area contributed by atoms with Gasteiger partial charge < -0.3 is 15.2 Å². The Hall–Kier alpha value is -2.07. The molecule has 0 aliphatic heterocycles. The Bertz CT molecular complexity index is 1060. The first-order valence-electron chi connectivity index (χ1n) is 8.18. The van der Waals surface area contributed by atoms with Gasteiger partial charge in [0.1, 0.15) is 5.69 Å². The minimum Gasteiger partial charge on any atom is -0.364 e. The topological polar surface area (TPSA) is 85.2 Å². The highest BCUT2D eigenvalue weighted by Crippen LogP contribution is 2.47. The molecule has 0 saturated carbocycles. The van der Waals surface area contributed by atoms with Gasteiger partial charge in [-0.3, -0.25) is 9.36 Å². The van der Waals surface area contributed by atoms with Crippen LogP contribution in [0.4, 0.5) is 0 Å². The molecule has 1 heterocycles. The third-order valence-corrected chi connectivity index (χ3v) is 7.14. The van der Waals surface area contributed by atoms with Crippen LogP contribution in [-0.2, 0) is 15.5 Å². The second-order valence-corrected chi connectivity index (χ2v) is 9.04. The molecular weight excluding hydrogens is 371 g/mol. The van der Waals surface area contributed by atoms with Crippen LogP contribution in [-0.4, -0.2) is 18.0 Å². The van der Waals surface area contributed by atoms with E-state index in [0.717, 1.165) is 17.5 Å². The monoisotopic (exact) mass is 390 g/mol. The summed E-state index contributed by atoms with van der Waals surface area (Å²) in [5.74, 6) is -0.701. The molecule has 2 aromatic carbocycles. The van der Waals surface area contributed by atoms with E-state index in [0.29, 0.717) is 21.2 Å². The van der Waals surface area contributed by atoms with E-state index < -0.39 is 13.3 Å². The lowest BCUT2D eigenvalue weighted by molar-refractivity contribution is 0.0997. The summed E-state index contributed by atoms with van der Waals surface area (Å²) < 4.78 is 19.6. The van der Waals surface area contributed by atoms with E-state index in [2.05, 4.69) is 4.98 Å². The standard InChI is InChI=1S/C19H20ClN2O3P/c1-4-12-7-11(2)8-14(9-12)26(24,25-3)18-15-10-13(20)5-6-16(15)22-17(18)19(21)23/h5-10,22H,4H2,1-3H3,(H2,21,23). The zero-order valence-corrected chi connectivity index (χ0v) is 16.4. The van der Waals surface area contributed by atoms with E-state index >= 15 is 0 Å². The van der Waals surface area contributed by atoms with Gasteiger partial charge in [-0.15, -0.1) is 0 Å². The molecule has 3 aromatic rings. The van der Waals surface area contributed by atoms with Crippen molar-refractivity contribution in [1.29, 1.82) is 0 Å². The molecule has 0 radical (unpaired) electrons. The van der Waals surface area contributed by atoms with Gasteiger partial charge in [0.15, 0.2) is 0 Å². The van der Waals surface area contributed by atoms with E-state index in [4.69, 9.17) is 21.9 Å². The molecule has 7 heteroatoms. The van der Waals surface area contributed by atoms with Gasteiger partial charge in [0.25, 0.3) is 13.3 Å². The molecule has 1 aromatic heterocycles. The average Bonchev–Trinajstić information content (AvgIpc) is 2.99. The summed E-state index contributed by atoms with van der Waals surface area (Å²) in [6.45, 7) is 3.96. The Morgan fingerprint density at radius 3 is 2.62 bits per heavy atom. The molecule has 0 spiro atoms. The third kappa shape index (κ3) is 3.07. The van der Waals surface area contributed by atoms with Crippen LogP contribution in [0.15, 0.2) is 36.4 Å². The number of fused-ring (bicyclic) bond motifs is 1. The number of hydrogen-bond acceptors (Lipinski definition) is 3. The first kappa shape index (κ1) is 18.7. The van der Waals surface area contributed by atoms with Crippen LogP contribution in [0, 0.1) is 6.92 Å². The lowest BCUT2D eigenvalue weighted by Crippen LogP contribution is -2.26. The molecule has 0 aliphatic rings. The van der Waals surface area contributed by atoms with Crippen molar-refractivity contribution in [2.45, 2.75) is 20.3 Å². The van der Waals surface area contributed by atoms with Gasteiger partial charge in [0.2, 0.25) is 0 Å². The van der Waals surface area contributed by atoms with Crippen LogP contribution in [0.25, 0.3) is 10.9 Å². The molecular formula is C19H20ClN2O3P. The van der Waals surface area contributed by atoms with Gasteiger partial charge in [-0.2, -0.15) is 0 Å². The van der Waals surface area contributed by atoms with E-state index in [-0.39, 0.29) is 11.0 Å². The second kappa shape index (κ2) is 6.92. The highest BCUT2D eigenvalue weighted by molar-refractivity contribution is 7.75. The van der Waals surface area contributed by atoms with Crippen LogP contribution in [0.2, 0.25) is 5.02 Å². The highest BCUT2D eigenvalue weighted by Gasteiger charge is 2.35. The van der Waals surface area contributed by atoms with Crippen molar-refractivity contribution >= 4 is 46.4 Å².